The Labute approximate surface area is 328 Å². The normalized spacial score (nSPS) is 13.1. The highest BCUT2D eigenvalue weighted by molar-refractivity contribution is 7.46. The average molecular weight is 793 g/mol. The zero-order chi connectivity index (χ0) is 40.5. The maximum Gasteiger partial charge on any atom is 0.469 e. The molecule has 320 valence electrons. The summed E-state index contributed by atoms with van der Waals surface area (Å²) in [6.07, 6.45) is 34.9. The molecule has 6 N–H and O–H groups in total. The fourth-order valence-electron chi connectivity index (χ4n) is 5.73. The molecule has 0 saturated carbocycles. The van der Waals surface area contributed by atoms with Crippen molar-refractivity contribution in [2.45, 2.75) is 212 Å². The number of ketones is 1. The average Bonchev–Trinajstić information content (AvgIpc) is 3.15. The molecule has 2 atom stereocenters. The number of unbranched alkanes of at least 4 members (excludes halogenated alkanes) is 22. The third kappa shape index (κ3) is 41.7. The van der Waals surface area contributed by atoms with Crippen LogP contribution in [0.2, 0.25) is 0 Å². The van der Waals surface area contributed by atoms with Gasteiger partial charge in [-0.05, 0) is 64.2 Å². The van der Waals surface area contributed by atoms with Gasteiger partial charge in [0.2, 0.25) is 0 Å². The van der Waals surface area contributed by atoms with Gasteiger partial charge in [-0.1, -0.05) is 141 Å². The summed E-state index contributed by atoms with van der Waals surface area (Å²) in [7, 11) is -4.84. The van der Waals surface area contributed by atoms with Crippen LogP contribution >= 0.6 is 7.82 Å². The van der Waals surface area contributed by atoms with Crippen LogP contribution in [-0.4, -0.2) is 80.1 Å². The Hall–Kier alpha value is -1.43. The zero-order valence-corrected chi connectivity index (χ0v) is 35.0. The van der Waals surface area contributed by atoms with Crippen LogP contribution in [-0.2, 0) is 23.4 Å². The summed E-state index contributed by atoms with van der Waals surface area (Å²) in [6.45, 7) is 2.95. The van der Waals surface area contributed by atoms with E-state index in [2.05, 4.69) is 42.7 Å². The second-order valence-electron chi connectivity index (χ2n) is 14.4. The topological polar surface area (TPSA) is 191 Å². The lowest BCUT2D eigenvalue weighted by molar-refractivity contribution is -0.163. The first-order valence-corrected chi connectivity index (χ1v) is 22.8. The number of hydrogen-bond donors (Lipinski definition) is 6. The molecule has 0 rings (SSSR count). The van der Waals surface area contributed by atoms with Crippen LogP contribution in [0.25, 0.3) is 0 Å². The van der Waals surface area contributed by atoms with Crippen LogP contribution in [0.3, 0.4) is 0 Å². The summed E-state index contributed by atoms with van der Waals surface area (Å²) < 4.78 is 20.8. The van der Waals surface area contributed by atoms with E-state index >= 15 is 0 Å². The van der Waals surface area contributed by atoms with Crippen molar-refractivity contribution >= 4 is 19.6 Å². The van der Waals surface area contributed by atoms with E-state index in [0.717, 1.165) is 77.0 Å². The van der Waals surface area contributed by atoms with E-state index in [9.17, 15) is 19.3 Å². The SMILES string of the molecule is CCCCCCCC/C=C\CCCCCCCC(=O)OC(C(=O)CCCCCCC/C=C\CCCCCCCC)C(O)COP(=O)(O)O.OCC(O)CO. The van der Waals surface area contributed by atoms with Gasteiger partial charge in [0, 0.05) is 12.8 Å². The monoisotopic (exact) mass is 793 g/mol. The highest BCUT2D eigenvalue weighted by Gasteiger charge is 2.32. The van der Waals surface area contributed by atoms with Crippen molar-refractivity contribution < 1.29 is 53.6 Å². The van der Waals surface area contributed by atoms with Crippen molar-refractivity contribution in [1.29, 1.82) is 0 Å². The van der Waals surface area contributed by atoms with Crippen LogP contribution in [0.4, 0.5) is 0 Å². The van der Waals surface area contributed by atoms with Gasteiger partial charge in [0.05, 0.1) is 19.8 Å². The van der Waals surface area contributed by atoms with Crippen LogP contribution in [0, 0.1) is 0 Å². The van der Waals surface area contributed by atoms with Gasteiger partial charge in [-0.15, -0.1) is 0 Å². The molecular weight excluding hydrogens is 711 g/mol. The smallest absolute Gasteiger partial charge is 0.451 e. The summed E-state index contributed by atoms with van der Waals surface area (Å²) in [5.74, 6) is -1.04. The number of aliphatic hydroxyl groups excluding tert-OH is 4. The Morgan fingerprint density at radius 3 is 1.26 bits per heavy atom. The van der Waals surface area contributed by atoms with Crippen molar-refractivity contribution in [3.63, 3.8) is 0 Å². The lowest BCUT2D eigenvalue weighted by Crippen LogP contribution is -2.40. The first kappa shape index (κ1) is 54.7. The van der Waals surface area contributed by atoms with Crippen molar-refractivity contribution in [2.24, 2.45) is 0 Å². The molecule has 0 aliphatic rings. The summed E-state index contributed by atoms with van der Waals surface area (Å²) in [4.78, 5) is 43.4. The lowest BCUT2D eigenvalue weighted by atomic mass is 10.0. The molecule has 0 aliphatic carbocycles. The number of hydrogen-bond acceptors (Lipinski definition) is 9. The molecule has 0 aliphatic heterocycles. The van der Waals surface area contributed by atoms with Gasteiger partial charge in [0.25, 0.3) is 0 Å². The first-order chi connectivity index (χ1) is 26.0. The maximum atomic E-state index is 12.9. The Morgan fingerprint density at radius 2 is 0.907 bits per heavy atom. The lowest BCUT2D eigenvalue weighted by Gasteiger charge is -2.22. The summed E-state index contributed by atoms with van der Waals surface area (Å²) in [5, 5.41) is 34.5. The Bertz CT molecular complexity index is 933. The zero-order valence-electron chi connectivity index (χ0n) is 34.1. The molecule has 0 aromatic heterocycles. The molecule has 54 heavy (non-hydrogen) atoms. The van der Waals surface area contributed by atoms with E-state index in [1.807, 2.05) is 0 Å². The highest BCUT2D eigenvalue weighted by atomic mass is 31.2. The third-order valence-electron chi connectivity index (χ3n) is 9.09. The van der Waals surface area contributed by atoms with E-state index < -0.39 is 44.5 Å². The molecule has 0 aromatic carbocycles. The van der Waals surface area contributed by atoms with Gasteiger partial charge in [0.15, 0.2) is 11.9 Å². The second kappa shape index (κ2) is 41.2. The predicted octanol–water partition coefficient (Wildman–Crippen LogP) is 9.34. The second-order valence-corrected chi connectivity index (χ2v) is 15.7. The van der Waals surface area contributed by atoms with Crippen molar-refractivity contribution in [3.8, 4) is 0 Å². The maximum absolute atomic E-state index is 12.9. The number of rotatable bonds is 38. The minimum Gasteiger partial charge on any atom is -0.451 e. The van der Waals surface area contributed by atoms with Gasteiger partial charge in [-0.3, -0.25) is 14.1 Å². The van der Waals surface area contributed by atoms with Crippen LogP contribution in [0.15, 0.2) is 24.3 Å². The first-order valence-electron chi connectivity index (χ1n) is 21.3. The number of carbonyl (C=O) groups excluding carboxylic acids is 2. The van der Waals surface area contributed by atoms with Gasteiger partial charge in [-0.25, -0.2) is 4.57 Å². The molecule has 0 radical (unpaired) electrons. The fraction of sp³-hybridized carbons (Fsp3) is 0.857. The Kier molecular flexibility index (Phi) is 41.7. The van der Waals surface area contributed by atoms with E-state index in [1.54, 1.807) is 0 Å². The third-order valence-corrected chi connectivity index (χ3v) is 9.57. The minimum absolute atomic E-state index is 0.122. The number of ether oxygens (including phenoxy) is 1. The van der Waals surface area contributed by atoms with Crippen molar-refractivity contribution in [2.75, 3.05) is 19.8 Å². The van der Waals surface area contributed by atoms with E-state index in [-0.39, 0.29) is 26.1 Å². The molecule has 0 spiro atoms. The predicted molar refractivity (Wildman–Crippen MR) is 218 cm³/mol. The highest BCUT2D eigenvalue weighted by Crippen LogP contribution is 2.36. The molecule has 0 bridgehead atoms. The molecule has 2 unspecified atom stereocenters. The standard InChI is InChI=1S/C39H73O8P.C3H8O3/c1-3-5-7-9-11-13-15-17-19-21-23-25-27-29-31-33-36(40)39(37(41)35-46-48(43,44)45)47-38(42)34-32-30-28-26-24-22-20-18-16-14-12-10-8-6-4-2;4-1-3(6)2-5/h17-20,37,39,41H,3-16,21-35H2,1-2H3,(H2,43,44,45);3-6H,1-2H2/b19-17-,20-18-;. The number of phosphoric ester groups is 1. The molecule has 0 aromatic rings. The Balaban J connectivity index is 0. The van der Waals surface area contributed by atoms with Gasteiger partial charge in [0.1, 0.15) is 12.2 Å². The summed E-state index contributed by atoms with van der Waals surface area (Å²) >= 11 is 0. The molecule has 12 heteroatoms. The van der Waals surface area contributed by atoms with E-state index in [4.69, 9.17) is 29.8 Å². The molecule has 0 amide bonds. The van der Waals surface area contributed by atoms with Crippen molar-refractivity contribution in [3.05, 3.63) is 24.3 Å². The minimum atomic E-state index is -4.84. The summed E-state index contributed by atoms with van der Waals surface area (Å²) in [5.41, 5.74) is 0. The van der Waals surface area contributed by atoms with Gasteiger partial charge < -0.3 is 34.9 Å². The molecule has 11 nitrogen and oxygen atoms in total. The largest absolute Gasteiger partial charge is 0.469 e. The number of carbonyl (C=O) groups is 2. The fourth-order valence-corrected chi connectivity index (χ4v) is 6.08. The van der Waals surface area contributed by atoms with Gasteiger partial charge >= 0.3 is 13.8 Å². The van der Waals surface area contributed by atoms with Crippen molar-refractivity contribution in [1.82, 2.24) is 0 Å². The van der Waals surface area contributed by atoms with Crippen LogP contribution in [0.1, 0.15) is 194 Å². The number of allylic oxidation sites excluding steroid dienone is 4. The van der Waals surface area contributed by atoms with Gasteiger partial charge in [-0.2, -0.15) is 0 Å². The molecule has 0 heterocycles. The Morgan fingerprint density at radius 1 is 0.556 bits per heavy atom. The summed E-state index contributed by atoms with van der Waals surface area (Å²) in [6, 6.07) is 0. The molecular formula is C42H81O11P. The molecule has 0 saturated heterocycles. The number of phosphoric acid groups is 1. The number of aliphatic hydroxyl groups is 4. The van der Waals surface area contributed by atoms with Crippen LogP contribution in [0.5, 0.6) is 0 Å². The number of Topliss-reactive ketones (excluding diaryl/α,β-unsaturated/α-hetero) is 1. The quantitative estimate of drug-likeness (QED) is 0.0151. The van der Waals surface area contributed by atoms with Crippen LogP contribution < -0.4 is 0 Å². The number of esters is 1. The van der Waals surface area contributed by atoms with E-state index in [0.29, 0.717) is 12.8 Å². The molecule has 0 fully saturated rings. The van der Waals surface area contributed by atoms with E-state index in [1.165, 1.54) is 77.0 Å².